The lowest BCUT2D eigenvalue weighted by Gasteiger charge is -2.23. The maximum Gasteiger partial charge on any atom is 0.339 e. The molecule has 0 radical (unpaired) electrons. The first-order valence-corrected chi connectivity index (χ1v) is 10.6. The Morgan fingerprint density at radius 2 is 1.59 bits per heavy atom. The highest BCUT2D eigenvalue weighted by Crippen LogP contribution is 2.45. The van der Waals surface area contributed by atoms with Crippen molar-refractivity contribution in [2.75, 3.05) is 0 Å². The highest BCUT2D eigenvalue weighted by molar-refractivity contribution is 7.87. The summed E-state index contributed by atoms with van der Waals surface area (Å²) in [7, 11) is -4.41. The molecule has 29 heavy (non-hydrogen) atoms. The Morgan fingerprint density at radius 1 is 0.966 bits per heavy atom. The van der Waals surface area contributed by atoms with Crippen molar-refractivity contribution in [2.24, 2.45) is 0 Å². The van der Waals surface area contributed by atoms with Gasteiger partial charge in [0.15, 0.2) is 0 Å². The second-order valence-corrected chi connectivity index (χ2v) is 8.71. The fraction of sp³-hybridized carbons (Fsp3) is 0.333. The summed E-state index contributed by atoms with van der Waals surface area (Å²) in [6, 6.07) is 7.03. The van der Waals surface area contributed by atoms with Gasteiger partial charge < -0.3 is 4.18 Å². The first kappa shape index (κ1) is 21.0. The summed E-state index contributed by atoms with van der Waals surface area (Å²) in [5.41, 5.74) is -1.06. The molecular weight excluding hydrogens is 424 g/mol. The molecule has 0 aliphatic heterocycles. The fourth-order valence-corrected chi connectivity index (χ4v) is 4.52. The van der Waals surface area contributed by atoms with Gasteiger partial charge in [0.25, 0.3) is 5.69 Å². The van der Waals surface area contributed by atoms with Crippen LogP contribution in [0.5, 0.6) is 5.75 Å². The number of halogens is 1. The van der Waals surface area contributed by atoms with Crippen LogP contribution >= 0.6 is 11.6 Å². The normalized spacial score (nSPS) is 15.1. The number of nitro benzene ring substituents is 2. The zero-order chi connectivity index (χ0) is 21.2. The minimum Gasteiger partial charge on any atom is -0.371 e. The maximum atomic E-state index is 12.7. The second-order valence-electron chi connectivity index (χ2n) is 6.72. The first-order chi connectivity index (χ1) is 13.7. The molecule has 0 heterocycles. The highest BCUT2D eigenvalue weighted by Gasteiger charge is 2.33. The van der Waals surface area contributed by atoms with E-state index in [1.807, 2.05) is 0 Å². The van der Waals surface area contributed by atoms with Crippen molar-refractivity contribution >= 4 is 33.1 Å². The van der Waals surface area contributed by atoms with Crippen molar-refractivity contribution in [3.8, 4) is 5.75 Å². The minimum absolute atomic E-state index is 0.170. The number of nitrogens with zero attached hydrogens (tertiary/aromatic N) is 2. The summed E-state index contributed by atoms with van der Waals surface area (Å²) in [6.07, 6.45) is 3.92. The molecule has 1 aliphatic rings. The van der Waals surface area contributed by atoms with Crippen molar-refractivity contribution in [2.45, 2.75) is 42.9 Å². The summed E-state index contributed by atoms with van der Waals surface area (Å²) in [6.45, 7) is 0. The van der Waals surface area contributed by atoms with Gasteiger partial charge in [-0.2, -0.15) is 8.42 Å². The van der Waals surface area contributed by atoms with E-state index in [1.54, 1.807) is 0 Å². The molecule has 1 aliphatic carbocycles. The average molecular weight is 441 g/mol. The molecule has 0 bridgehead atoms. The zero-order valence-corrected chi connectivity index (χ0v) is 16.7. The molecular formula is C18H17ClN2O7S. The van der Waals surface area contributed by atoms with E-state index < -0.39 is 37.1 Å². The number of rotatable bonds is 6. The molecule has 0 aromatic heterocycles. The van der Waals surface area contributed by atoms with Gasteiger partial charge in [-0.15, -0.1) is 0 Å². The molecule has 2 aromatic rings. The Labute approximate surface area is 171 Å². The van der Waals surface area contributed by atoms with Crippen LogP contribution in [0.2, 0.25) is 5.02 Å². The number of hydrogen-bond acceptors (Lipinski definition) is 7. The highest BCUT2D eigenvalue weighted by atomic mass is 35.5. The number of hydrogen-bond donors (Lipinski definition) is 0. The van der Waals surface area contributed by atoms with E-state index in [4.69, 9.17) is 15.8 Å². The van der Waals surface area contributed by atoms with Gasteiger partial charge in [0.05, 0.1) is 15.9 Å². The van der Waals surface area contributed by atoms with Crippen LogP contribution in [0.15, 0.2) is 41.3 Å². The van der Waals surface area contributed by atoms with E-state index in [2.05, 4.69) is 0 Å². The van der Waals surface area contributed by atoms with Crippen LogP contribution < -0.4 is 4.18 Å². The van der Waals surface area contributed by atoms with Gasteiger partial charge in [-0.25, -0.2) is 0 Å². The summed E-state index contributed by atoms with van der Waals surface area (Å²) in [4.78, 5) is 21.0. The van der Waals surface area contributed by atoms with Crippen LogP contribution in [0.4, 0.5) is 11.4 Å². The first-order valence-electron chi connectivity index (χ1n) is 8.86. The summed E-state index contributed by atoms with van der Waals surface area (Å²) >= 11 is 5.77. The molecule has 0 saturated heterocycles. The van der Waals surface area contributed by atoms with Crippen LogP contribution in [-0.4, -0.2) is 18.3 Å². The van der Waals surface area contributed by atoms with Crippen molar-refractivity contribution in [3.63, 3.8) is 0 Å². The zero-order valence-electron chi connectivity index (χ0n) is 15.1. The number of non-ortho nitro benzene ring substituents is 1. The standard InChI is InChI=1S/C18H17ClN2O7S/c19-13-6-8-15(9-7-13)29(26,27)28-18-16(12-4-2-1-3-5-12)10-14(20(22)23)11-17(18)21(24)25/h6-12H,1-5H2. The maximum absolute atomic E-state index is 12.7. The summed E-state index contributed by atoms with van der Waals surface area (Å²) in [5.74, 6) is -0.736. The van der Waals surface area contributed by atoms with Crippen molar-refractivity contribution in [3.05, 3.63) is 67.2 Å². The minimum atomic E-state index is -4.41. The SMILES string of the molecule is O=[N+]([O-])c1cc(C2CCCCC2)c(OS(=O)(=O)c2ccc(Cl)cc2)c([N+](=O)[O-])c1. The van der Waals surface area contributed by atoms with Gasteiger partial charge in [-0.3, -0.25) is 20.2 Å². The van der Waals surface area contributed by atoms with Crippen LogP contribution in [0, 0.1) is 20.2 Å². The third-order valence-corrected chi connectivity index (χ3v) is 6.32. The lowest BCUT2D eigenvalue weighted by Crippen LogP contribution is -2.15. The predicted octanol–water partition coefficient (Wildman–Crippen LogP) is 4.97. The molecule has 154 valence electrons. The van der Waals surface area contributed by atoms with E-state index in [-0.39, 0.29) is 16.4 Å². The topological polar surface area (TPSA) is 130 Å². The van der Waals surface area contributed by atoms with Gasteiger partial charge in [-0.05, 0) is 43.0 Å². The third-order valence-electron chi connectivity index (χ3n) is 4.83. The Morgan fingerprint density at radius 3 is 2.14 bits per heavy atom. The van der Waals surface area contributed by atoms with Gasteiger partial charge in [0.1, 0.15) is 4.90 Å². The van der Waals surface area contributed by atoms with Crippen molar-refractivity contribution in [1.29, 1.82) is 0 Å². The number of nitro groups is 2. The summed E-state index contributed by atoms with van der Waals surface area (Å²) < 4.78 is 30.6. The quantitative estimate of drug-likeness (QED) is 0.352. The van der Waals surface area contributed by atoms with Gasteiger partial charge in [-0.1, -0.05) is 30.9 Å². The monoisotopic (exact) mass is 440 g/mol. The Kier molecular flexibility index (Phi) is 6.04. The molecule has 1 saturated carbocycles. The lowest BCUT2D eigenvalue weighted by atomic mass is 9.83. The average Bonchev–Trinajstić information content (AvgIpc) is 2.68. The molecule has 3 rings (SSSR count). The van der Waals surface area contributed by atoms with E-state index >= 15 is 0 Å². The molecule has 0 amide bonds. The van der Waals surface area contributed by atoms with Crippen LogP contribution in [0.3, 0.4) is 0 Å². The number of benzene rings is 2. The largest absolute Gasteiger partial charge is 0.371 e. The van der Waals surface area contributed by atoms with E-state index in [9.17, 15) is 28.6 Å². The molecule has 0 spiro atoms. The van der Waals surface area contributed by atoms with Gasteiger partial charge in [0.2, 0.25) is 5.75 Å². The smallest absolute Gasteiger partial charge is 0.339 e. The Hall–Kier alpha value is -2.72. The molecule has 0 N–H and O–H groups in total. The Bertz CT molecular complexity index is 1050. The van der Waals surface area contributed by atoms with Crippen molar-refractivity contribution in [1.82, 2.24) is 0 Å². The second kappa shape index (κ2) is 8.34. The van der Waals surface area contributed by atoms with Crippen LogP contribution in [0.1, 0.15) is 43.6 Å². The van der Waals surface area contributed by atoms with Crippen LogP contribution in [0.25, 0.3) is 0 Å². The van der Waals surface area contributed by atoms with Gasteiger partial charge >= 0.3 is 15.8 Å². The van der Waals surface area contributed by atoms with Crippen LogP contribution in [-0.2, 0) is 10.1 Å². The van der Waals surface area contributed by atoms with Crippen molar-refractivity contribution < 1.29 is 22.4 Å². The fourth-order valence-electron chi connectivity index (χ4n) is 3.43. The molecule has 2 aromatic carbocycles. The predicted molar refractivity (Wildman–Crippen MR) is 105 cm³/mol. The molecule has 11 heteroatoms. The lowest BCUT2D eigenvalue weighted by molar-refractivity contribution is -0.394. The van der Waals surface area contributed by atoms with E-state index in [0.717, 1.165) is 25.3 Å². The van der Waals surface area contributed by atoms with E-state index in [0.29, 0.717) is 17.9 Å². The van der Waals surface area contributed by atoms with E-state index in [1.165, 1.54) is 30.3 Å². The molecule has 0 atom stereocenters. The molecule has 9 nitrogen and oxygen atoms in total. The third kappa shape index (κ3) is 4.65. The Balaban J connectivity index is 2.15. The summed E-state index contributed by atoms with van der Waals surface area (Å²) in [5, 5.41) is 23.2. The molecule has 0 unspecified atom stereocenters. The van der Waals surface area contributed by atoms with Gasteiger partial charge in [0, 0.05) is 16.7 Å². The molecule has 1 fully saturated rings.